The highest BCUT2D eigenvalue weighted by Crippen LogP contribution is 2.39. The molecule has 0 radical (unpaired) electrons. The highest BCUT2D eigenvalue weighted by molar-refractivity contribution is 6.35. The predicted molar refractivity (Wildman–Crippen MR) is 103 cm³/mol. The first-order chi connectivity index (χ1) is 12.9. The van der Waals surface area contributed by atoms with E-state index in [1.807, 2.05) is 6.07 Å². The van der Waals surface area contributed by atoms with Gasteiger partial charge in [-0.15, -0.1) is 0 Å². The van der Waals surface area contributed by atoms with Crippen molar-refractivity contribution in [2.45, 2.75) is 18.3 Å². The Kier molecular flexibility index (Phi) is 6.25. The molecule has 0 unspecified atom stereocenters. The summed E-state index contributed by atoms with van der Waals surface area (Å²) in [6.45, 7) is 1.48. The average Bonchev–Trinajstić information content (AvgIpc) is 2.66. The van der Waals surface area contributed by atoms with Crippen LogP contribution in [-0.4, -0.2) is 32.8 Å². The van der Waals surface area contributed by atoms with Crippen LogP contribution in [0, 0.1) is 5.82 Å². The van der Waals surface area contributed by atoms with E-state index in [9.17, 15) is 9.18 Å². The molecule has 0 aromatic heterocycles. The highest BCUT2D eigenvalue weighted by atomic mass is 35.5. The van der Waals surface area contributed by atoms with E-state index >= 15 is 0 Å². The van der Waals surface area contributed by atoms with E-state index in [0.717, 1.165) is 5.56 Å². The largest absolute Gasteiger partial charge is 0.496 e. The number of amides is 1. The molecule has 1 saturated heterocycles. The van der Waals surface area contributed by atoms with Gasteiger partial charge in [-0.2, -0.15) is 0 Å². The van der Waals surface area contributed by atoms with Crippen LogP contribution in [0.1, 0.15) is 28.8 Å². The maximum absolute atomic E-state index is 13.6. The first-order valence-electron chi connectivity index (χ1n) is 8.60. The third-order valence-electron chi connectivity index (χ3n) is 4.95. The number of hydrogen-bond donors (Lipinski definition) is 1. The molecule has 1 N–H and O–H groups in total. The minimum absolute atomic E-state index is 0.155. The number of halogens is 3. The molecule has 0 atom stereocenters. The molecule has 3 rings (SSSR count). The number of ether oxygens (including phenoxy) is 2. The highest BCUT2D eigenvalue weighted by Gasteiger charge is 2.36. The van der Waals surface area contributed by atoms with E-state index in [2.05, 4.69) is 5.32 Å². The molecule has 4 nitrogen and oxygen atoms in total. The number of hydrogen-bond acceptors (Lipinski definition) is 3. The van der Waals surface area contributed by atoms with Crippen LogP contribution >= 0.6 is 23.2 Å². The molecule has 1 fully saturated rings. The van der Waals surface area contributed by atoms with Gasteiger partial charge in [-0.3, -0.25) is 4.79 Å². The lowest BCUT2D eigenvalue weighted by Gasteiger charge is -2.38. The molecule has 0 bridgehead atoms. The van der Waals surface area contributed by atoms with Crippen LogP contribution < -0.4 is 10.1 Å². The standard InChI is InChI=1S/C20H20Cl2FNO3/c1-26-18-5-3-14(23)11-15(18)19(25)24-12-20(6-8-27-9-7-20)16-4-2-13(21)10-17(16)22/h2-5,10-11H,6-9,12H2,1H3,(H,24,25). The van der Waals surface area contributed by atoms with E-state index in [-0.39, 0.29) is 11.0 Å². The summed E-state index contributed by atoms with van der Waals surface area (Å²) in [5, 5.41) is 4.03. The van der Waals surface area contributed by atoms with Crippen LogP contribution in [-0.2, 0) is 10.2 Å². The molecular weight excluding hydrogens is 392 g/mol. The Labute approximate surface area is 167 Å². The van der Waals surface area contributed by atoms with Crippen molar-refractivity contribution >= 4 is 29.1 Å². The summed E-state index contributed by atoms with van der Waals surface area (Å²) in [4.78, 5) is 12.7. The van der Waals surface area contributed by atoms with Crippen molar-refractivity contribution in [1.29, 1.82) is 0 Å². The second-order valence-electron chi connectivity index (χ2n) is 6.54. The molecule has 1 heterocycles. The maximum Gasteiger partial charge on any atom is 0.255 e. The molecule has 0 saturated carbocycles. The van der Waals surface area contributed by atoms with Crippen molar-refractivity contribution in [3.63, 3.8) is 0 Å². The van der Waals surface area contributed by atoms with Crippen LogP contribution in [0.5, 0.6) is 5.75 Å². The molecule has 7 heteroatoms. The van der Waals surface area contributed by atoms with Crippen LogP contribution in [0.25, 0.3) is 0 Å². The summed E-state index contributed by atoms with van der Waals surface area (Å²) in [5.74, 6) is -0.579. The van der Waals surface area contributed by atoms with E-state index < -0.39 is 11.7 Å². The van der Waals surface area contributed by atoms with Crippen molar-refractivity contribution < 1.29 is 18.7 Å². The zero-order valence-electron chi connectivity index (χ0n) is 14.9. The van der Waals surface area contributed by atoms with Gasteiger partial charge in [-0.25, -0.2) is 4.39 Å². The SMILES string of the molecule is COc1ccc(F)cc1C(=O)NCC1(c2ccc(Cl)cc2Cl)CCOCC1. The van der Waals surface area contributed by atoms with Gasteiger partial charge in [0, 0.05) is 35.2 Å². The predicted octanol–water partition coefficient (Wildman–Crippen LogP) is 4.62. The van der Waals surface area contributed by atoms with Crippen molar-refractivity contribution in [3.05, 3.63) is 63.4 Å². The summed E-state index contributed by atoms with van der Waals surface area (Å²) < 4.78 is 24.3. The lowest BCUT2D eigenvalue weighted by Crippen LogP contribution is -2.44. The van der Waals surface area contributed by atoms with Crippen LogP contribution in [0.2, 0.25) is 10.0 Å². The first kappa shape index (κ1) is 19.9. The van der Waals surface area contributed by atoms with Crippen LogP contribution in [0.3, 0.4) is 0 Å². The van der Waals surface area contributed by atoms with Gasteiger partial charge < -0.3 is 14.8 Å². The Balaban J connectivity index is 1.86. The molecule has 1 amide bonds. The monoisotopic (exact) mass is 411 g/mol. The van der Waals surface area contributed by atoms with Gasteiger partial charge in [0.25, 0.3) is 5.91 Å². The molecule has 1 aliphatic heterocycles. The van der Waals surface area contributed by atoms with E-state index in [4.69, 9.17) is 32.7 Å². The van der Waals surface area contributed by atoms with Crippen LogP contribution in [0.4, 0.5) is 4.39 Å². The quantitative estimate of drug-likeness (QED) is 0.780. The summed E-state index contributed by atoms with van der Waals surface area (Å²) in [5.41, 5.74) is 0.696. The molecule has 144 valence electrons. The Bertz CT molecular complexity index is 838. The minimum Gasteiger partial charge on any atom is -0.496 e. The summed E-state index contributed by atoms with van der Waals surface area (Å²) >= 11 is 12.5. The summed E-state index contributed by atoms with van der Waals surface area (Å²) in [6.07, 6.45) is 1.41. The molecule has 2 aromatic carbocycles. The third kappa shape index (κ3) is 4.37. The van der Waals surface area contributed by atoms with Crippen LogP contribution in [0.15, 0.2) is 36.4 Å². The number of benzene rings is 2. The molecule has 2 aromatic rings. The molecule has 27 heavy (non-hydrogen) atoms. The van der Waals surface area contributed by atoms with Crippen molar-refractivity contribution in [2.24, 2.45) is 0 Å². The lowest BCUT2D eigenvalue weighted by molar-refractivity contribution is 0.0487. The maximum atomic E-state index is 13.6. The normalized spacial score (nSPS) is 16.0. The van der Waals surface area contributed by atoms with Crippen molar-refractivity contribution in [2.75, 3.05) is 26.9 Å². The zero-order chi connectivity index (χ0) is 19.4. The van der Waals surface area contributed by atoms with Crippen molar-refractivity contribution in [1.82, 2.24) is 5.32 Å². The fraction of sp³-hybridized carbons (Fsp3) is 0.350. The fourth-order valence-corrected chi connectivity index (χ4v) is 4.03. The van der Waals surface area contributed by atoms with Crippen molar-refractivity contribution in [3.8, 4) is 5.75 Å². The summed E-state index contributed by atoms with van der Waals surface area (Å²) in [7, 11) is 1.44. The number of carbonyl (C=O) groups excluding carboxylic acids is 1. The van der Waals surface area contributed by atoms with Gasteiger partial charge >= 0.3 is 0 Å². The first-order valence-corrected chi connectivity index (χ1v) is 9.36. The molecule has 0 spiro atoms. The van der Waals surface area contributed by atoms with Gasteiger partial charge in [0.2, 0.25) is 0 Å². The Morgan fingerprint density at radius 3 is 2.63 bits per heavy atom. The van der Waals surface area contributed by atoms with E-state index in [0.29, 0.717) is 48.4 Å². The molecule has 1 aliphatic rings. The smallest absolute Gasteiger partial charge is 0.255 e. The number of rotatable bonds is 5. The second kappa shape index (κ2) is 8.46. The lowest BCUT2D eigenvalue weighted by atomic mass is 9.74. The Morgan fingerprint density at radius 1 is 1.22 bits per heavy atom. The number of methoxy groups -OCH3 is 1. The average molecular weight is 412 g/mol. The van der Waals surface area contributed by atoms with Gasteiger partial charge in [-0.1, -0.05) is 29.3 Å². The topological polar surface area (TPSA) is 47.6 Å². The zero-order valence-corrected chi connectivity index (χ0v) is 16.4. The fourth-order valence-electron chi connectivity index (χ4n) is 3.43. The van der Waals surface area contributed by atoms with Gasteiger partial charge in [0.15, 0.2) is 0 Å². The Hall–Kier alpha value is -1.82. The molecule has 0 aliphatic carbocycles. The Morgan fingerprint density at radius 2 is 1.96 bits per heavy atom. The second-order valence-corrected chi connectivity index (χ2v) is 7.39. The minimum atomic E-state index is -0.498. The van der Waals surface area contributed by atoms with Gasteiger partial charge in [-0.05, 0) is 48.7 Å². The van der Waals surface area contributed by atoms with E-state index in [1.54, 1.807) is 12.1 Å². The van der Waals surface area contributed by atoms with Gasteiger partial charge in [0.1, 0.15) is 11.6 Å². The molecular formula is C20H20Cl2FNO3. The third-order valence-corrected chi connectivity index (χ3v) is 5.49. The number of carbonyl (C=O) groups is 1. The van der Waals surface area contributed by atoms with Gasteiger partial charge in [0.05, 0.1) is 12.7 Å². The number of nitrogens with one attached hydrogen (secondary N) is 1. The van der Waals surface area contributed by atoms with E-state index in [1.165, 1.54) is 25.3 Å². The summed E-state index contributed by atoms with van der Waals surface area (Å²) in [6, 6.07) is 9.24.